The molecule has 2 heteroatoms. The molecule has 0 bridgehead atoms. The summed E-state index contributed by atoms with van der Waals surface area (Å²) in [5.41, 5.74) is 0.722. The summed E-state index contributed by atoms with van der Waals surface area (Å²) in [7, 11) is 0. The van der Waals surface area contributed by atoms with Crippen molar-refractivity contribution in [3.8, 4) is 0 Å². The summed E-state index contributed by atoms with van der Waals surface area (Å²) in [4.78, 5) is 3.36. The van der Waals surface area contributed by atoms with Crippen molar-refractivity contribution in [2.24, 2.45) is 0 Å². The number of benzene rings is 1. The maximum Gasteiger partial charge on any atom is 0.188 e. The fourth-order valence-electron chi connectivity index (χ4n) is 1.01. The van der Waals surface area contributed by atoms with Crippen LogP contribution in [0.3, 0.4) is 0 Å². The summed E-state index contributed by atoms with van der Waals surface area (Å²) in [5.74, 6) is 0. The molecule has 0 atom stereocenters. The topological polar surface area (TPSA) is 4.36 Å². The first-order valence-electron chi connectivity index (χ1n) is 3.25. The molecule has 0 unspecified atom stereocenters. The Hall–Kier alpha value is -1.33. The molecule has 11 heavy (non-hydrogen) atoms. The van der Waals surface area contributed by atoms with E-state index in [-0.39, 0.29) is 0 Å². The van der Waals surface area contributed by atoms with E-state index in [1.165, 1.54) is 10.1 Å². The zero-order valence-corrected chi connectivity index (χ0v) is 6.56. The Morgan fingerprint density at radius 3 is 3.00 bits per heavy atom. The maximum atomic E-state index is 6.80. The highest BCUT2D eigenvalue weighted by atomic mass is 32.1. The maximum absolute atomic E-state index is 6.80. The number of fused-ring (bicyclic) bond motifs is 1. The van der Waals surface area contributed by atoms with Gasteiger partial charge in [0, 0.05) is 4.70 Å². The summed E-state index contributed by atoms with van der Waals surface area (Å²) in [5, 5.41) is 3.26. The van der Waals surface area contributed by atoms with Crippen LogP contribution in [0, 0.1) is 6.57 Å². The van der Waals surface area contributed by atoms with Gasteiger partial charge in [0.15, 0.2) is 5.69 Å². The van der Waals surface area contributed by atoms with Gasteiger partial charge in [-0.15, -0.1) is 11.3 Å². The molecule has 0 aliphatic rings. The lowest BCUT2D eigenvalue weighted by molar-refractivity contribution is 1.84. The van der Waals surface area contributed by atoms with Gasteiger partial charge in [0.2, 0.25) is 0 Å². The van der Waals surface area contributed by atoms with Gasteiger partial charge in [0.1, 0.15) is 0 Å². The van der Waals surface area contributed by atoms with Crippen molar-refractivity contribution in [2.45, 2.75) is 0 Å². The van der Waals surface area contributed by atoms with Crippen molar-refractivity contribution in [1.29, 1.82) is 0 Å². The number of hydrogen-bond acceptors (Lipinski definition) is 1. The van der Waals surface area contributed by atoms with Crippen LogP contribution in [0.4, 0.5) is 5.69 Å². The largest absolute Gasteiger partial charge is 0.238 e. The molecule has 1 aromatic heterocycles. The summed E-state index contributed by atoms with van der Waals surface area (Å²) in [6.07, 6.45) is 0. The first-order chi connectivity index (χ1) is 5.40. The number of rotatable bonds is 0. The first kappa shape index (κ1) is 6.38. The smallest absolute Gasteiger partial charge is 0.188 e. The van der Waals surface area contributed by atoms with Crippen LogP contribution in [-0.4, -0.2) is 0 Å². The minimum atomic E-state index is 0.722. The zero-order valence-electron chi connectivity index (χ0n) is 5.74. The van der Waals surface area contributed by atoms with Gasteiger partial charge in [-0.05, 0) is 22.9 Å². The van der Waals surface area contributed by atoms with E-state index in [0.717, 1.165) is 5.69 Å². The normalized spacial score (nSPS) is 9.73. The molecule has 0 radical (unpaired) electrons. The van der Waals surface area contributed by atoms with Gasteiger partial charge >= 0.3 is 0 Å². The Bertz CT molecular complexity index is 422. The Morgan fingerprint density at radius 2 is 2.18 bits per heavy atom. The van der Waals surface area contributed by atoms with Gasteiger partial charge in [0.05, 0.1) is 6.57 Å². The van der Waals surface area contributed by atoms with Crippen molar-refractivity contribution in [1.82, 2.24) is 0 Å². The molecule has 0 fully saturated rings. The molecule has 0 saturated carbocycles. The highest BCUT2D eigenvalue weighted by molar-refractivity contribution is 7.17. The van der Waals surface area contributed by atoms with Crippen molar-refractivity contribution in [3.63, 3.8) is 0 Å². The summed E-state index contributed by atoms with van der Waals surface area (Å²) in [6.45, 7) is 6.80. The second-order valence-electron chi connectivity index (χ2n) is 2.25. The predicted molar refractivity (Wildman–Crippen MR) is 48.1 cm³/mol. The van der Waals surface area contributed by atoms with Crippen LogP contribution >= 0.6 is 11.3 Å². The molecule has 2 rings (SSSR count). The molecule has 0 N–H and O–H groups in total. The van der Waals surface area contributed by atoms with Crippen LogP contribution in [-0.2, 0) is 0 Å². The van der Waals surface area contributed by atoms with Crippen molar-refractivity contribution in [3.05, 3.63) is 41.1 Å². The lowest BCUT2D eigenvalue weighted by Crippen LogP contribution is -1.60. The molecular formula is C9H5NS. The molecular weight excluding hydrogens is 154 g/mol. The molecule has 0 spiro atoms. The summed E-state index contributed by atoms with van der Waals surface area (Å²) in [6, 6.07) is 7.82. The Labute approximate surface area is 68.7 Å². The molecule has 1 nitrogen and oxygen atoms in total. The summed E-state index contributed by atoms with van der Waals surface area (Å²) < 4.78 is 1.19. The molecule has 1 aromatic carbocycles. The van der Waals surface area contributed by atoms with Crippen LogP contribution in [0.5, 0.6) is 0 Å². The van der Waals surface area contributed by atoms with E-state index >= 15 is 0 Å². The van der Waals surface area contributed by atoms with Gasteiger partial charge < -0.3 is 0 Å². The van der Waals surface area contributed by atoms with E-state index in [0.29, 0.717) is 0 Å². The zero-order chi connectivity index (χ0) is 7.68. The van der Waals surface area contributed by atoms with E-state index < -0.39 is 0 Å². The first-order valence-corrected chi connectivity index (χ1v) is 4.13. The molecule has 0 aliphatic carbocycles. The number of hydrogen-bond donors (Lipinski definition) is 0. The molecule has 0 saturated heterocycles. The quantitative estimate of drug-likeness (QED) is 0.518. The third-order valence-electron chi connectivity index (χ3n) is 1.57. The standard InChI is InChI=1S/C9H5NS/c1-10-8-3-2-7-4-5-11-9(7)6-8/h2-6H. The van der Waals surface area contributed by atoms with Gasteiger partial charge in [-0.25, -0.2) is 4.85 Å². The van der Waals surface area contributed by atoms with E-state index in [9.17, 15) is 0 Å². The highest BCUT2D eigenvalue weighted by Crippen LogP contribution is 2.25. The number of nitrogens with zero attached hydrogens (tertiary/aromatic N) is 1. The Kier molecular flexibility index (Phi) is 1.38. The molecule has 0 aliphatic heterocycles. The highest BCUT2D eigenvalue weighted by Gasteiger charge is 1.94. The van der Waals surface area contributed by atoms with Crippen molar-refractivity contribution >= 4 is 27.1 Å². The fourth-order valence-corrected chi connectivity index (χ4v) is 1.84. The molecule has 2 aromatic rings. The van der Waals surface area contributed by atoms with Crippen LogP contribution in [0.15, 0.2) is 29.6 Å². The van der Waals surface area contributed by atoms with E-state index in [1.807, 2.05) is 23.6 Å². The second-order valence-corrected chi connectivity index (χ2v) is 3.20. The minimum Gasteiger partial charge on any atom is -0.238 e. The predicted octanol–water partition coefficient (Wildman–Crippen LogP) is 3.45. The monoisotopic (exact) mass is 159 g/mol. The Balaban J connectivity index is 2.79. The Morgan fingerprint density at radius 1 is 1.27 bits per heavy atom. The average molecular weight is 159 g/mol. The SMILES string of the molecule is [C-]#[N+]c1ccc2ccsc2c1. The fraction of sp³-hybridized carbons (Fsp3) is 0. The van der Waals surface area contributed by atoms with Gasteiger partial charge in [0.25, 0.3) is 0 Å². The van der Waals surface area contributed by atoms with E-state index in [1.54, 1.807) is 11.3 Å². The van der Waals surface area contributed by atoms with E-state index in [4.69, 9.17) is 6.57 Å². The minimum absolute atomic E-state index is 0.722. The van der Waals surface area contributed by atoms with Crippen LogP contribution < -0.4 is 0 Å². The van der Waals surface area contributed by atoms with Crippen molar-refractivity contribution in [2.75, 3.05) is 0 Å². The average Bonchev–Trinajstić information content (AvgIpc) is 2.50. The van der Waals surface area contributed by atoms with Gasteiger partial charge in [-0.2, -0.15) is 0 Å². The molecule has 52 valence electrons. The lowest BCUT2D eigenvalue weighted by Gasteiger charge is -1.88. The third kappa shape index (κ3) is 0.997. The van der Waals surface area contributed by atoms with E-state index in [2.05, 4.69) is 10.9 Å². The molecule has 1 heterocycles. The number of thiophene rings is 1. The van der Waals surface area contributed by atoms with Crippen molar-refractivity contribution < 1.29 is 0 Å². The van der Waals surface area contributed by atoms with Gasteiger partial charge in [-0.1, -0.05) is 12.1 Å². The van der Waals surface area contributed by atoms with Gasteiger partial charge in [-0.3, -0.25) is 0 Å². The van der Waals surface area contributed by atoms with Crippen LogP contribution in [0.2, 0.25) is 0 Å². The third-order valence-corrected chi connectivity index (χ3v) is 2.45. The second kappa shape index (κ2) is 2.37. The molecule has 0 amide bonds. The lowest BCUT2D eigenvalue weighted by atomic mass is 10.2. The van der Waals surface area contributed by atoms with Crippen LogP contribution in [0.25, 0.3) is 14.9 Å². The summed E-state index contributed by atoms with van der Waals surface area (Å²) >= 11 is 1.67. The van der Waals surface area contributed by atoms with Crippen LogP contribution in [0.1, 0.15) is 0 Å².